The molecule has 0 unspecified atom stereocenters. The van der Waals surface area contributed by atoms with E-state index in [1.165, 1.54) is 6.07 Å². The molecule has 0 saturated carbocycles. The molecule has 1 heterocycles. The van der Waals surface area contributed by atoms with Gasteiger partial charge in [-0.15, -0.1) is 0 Å². The van der Waals surface area contributed by atoms with Crippen LogP contribution in [0, 0.1) is 0 Å². The number of rotatable bonds is 7. The van der Waals surface area contributed by atoms with Crippen LogP contribution in [0.25, 0.3) is 11.3 Å². The van der Waals surface area contributed by atoms with Crippen LogP contribution in [-0.4, -0.2) is 29.2 Å². The van der Waals surface area contributed by atoms with E-state index in [9.17, 15) is 9.59 Å². The lowest BCUT2D eigenvalue weighted by Crippen LogP contribution is -2.23. The minimum Gasteiger partial charge on any atom is -0.372 e. The van der Waals surface area contributed by atoms with Crippen LogP contribution in [0.2, 0.25) is 0 Å². The summed E-state index contributed by atoms with van der Waals surface area (Å²) in [5.74, 6) is -0.170. The Hall–Kier alpha value is -3.41. The number of anilines is 2. The molecule has 1 aromatic heterocycles. The molecule has 3 rings (SSSR count). The molecular formula is C22H24N4O2. The number of nitrogens with one attached hydrogen (secondary N) is 2. The van der Waals surface area contributed by atoms with Crippen LogP contribution >= 0.6 is 0 Å². The fraction of sp³-hybridized carbons (Fsp3) is 0.227. The van der Waals surface area contributed by atoms with Crippen molar-refractivity contribution < 1.29 is 4.79 Å². The number of amides is 1. The molecule has 0 radical (unpaired) electrons. The maximum Gasteiger partial charge on any atom is 0.264 e. The number of carbonyl (C=O) groups excluding carboxylic acids is 1. The zero-order chi connectivity index (χ0) is 19.9. The van der Waals surface area contributed by atoms with Crippen molar-refractivity contribution in [1.29, 1.82) is 0 Å². The summed E-state index contributed by atoms with van der Waals surface area (Å²) in [6.07, 6.45) is 1.08. The van der Waals surface area contributed by atoms with Gasteiger partial charge in [-0.1, -0.05) is 19.1 Å². The van der Waals surface area contributed by atoms with Gasteiger partial charge in [-0.05, 0) is 55.8 Å². The van der Waals surface area contributed by atoms with E-state index in [1.54, 1.807) is 6.07 Å². The lowest BCUT2D eigenvalue weighted by molar-refractivity contribution is 0.102. The topological polar surface area (TPSA) is 78.1 Å². The Bertz CT molecular complexity index is 975. The van der Waals surface area contributed by atoms with Crippen molar-refractivity contribution in [3.8, 4) is 11.3 Å². The third-order valence-electron chi connectivity index (χ3n) is 4.47. The zero-order valence-electron chi connectivity index (χ0n) is 16.1. The SMILES string of the molecule is CCCN(CC)c1ccc(C(=O)Nc2cccc(-c3ccc(=O)[nH]n3)c2)cc1. The van der Waals surface area contributed by atoms with Crippen molar-refractivity contribution in [3.05, 3.63) is 76.6 Å². The van der Waals surface area contributed by atoms with Gasteiger partial charge in [0.1, 0.15) is 0 Å². The van der Waals surface area contributed by atoms with Gasteiger partial charge in [0, 0.05) is 41.7 Å². The molecule has 0 atom stereocenters. The summed E-state index contributed by atoms with van der Waals surface area (Å²) in [5.41, 5.74) is 3.58. The number of nitrogens with zero attached hydrogens (tertiary/aromatic N) is 2. The summed E-state index contributed by atoms with van der Waals surface area (Å²) in [5, 5.41) is 9.35. The first-order valence-corrected chi connectivity index (χ1v) is 9.43. The average Bonchev–Trinajstić information content (AvgIpc) is 2.73. The molecule has 0 aliphatic heterocycles. The van der Waals surface area contributed by atoms with Crippen LogP contribution < -0.4 is 15.8 Å². The van der Waals surface area contributed by atoms with Gasteiger partial charge in [-0.2, -0.15) is 5.10 Å². The van der Waals surface area contributed by atoms with E-state index < -0.39 is 0 Å². The minimum atomic E-state index is -0.253. The van der Waals surface area contributed by atoms with E-state index in [1.807, 2.05) is 48.5 Å². The highest BCUT2D eigenvalue weighted by atomic mass is 16.1. The molecule has 6 nitrogen and oxygen atoms in total. The van der Waals surface area contributed by atoms with Gasteiger partial charge in [-0.3, -0.25) is 9.59 Å². The first-order chi connectivity index (χ1) is 13.6. The molecule has 144 valence electrons. The summed E-state index contributed by atoms with van der Waals surface area (Å²) in [6, 6.07) is 18.1. The predicted molar refractivity (Wildman–Crippen MR) is 113 cm³/mol. The first kappa shape index (κ1) is 19.4. The Morgan fingerprint density at radius 1 is 1.07 bits per heavy atom. The molecule has 0 aliphatic rings. The molecule has 0 spiro atoms. The summed E-state index contributed by atoms with van der Waals surface area (Å²) < 4.78 is 0. The van der Waals surface area contributed by atoms with Gasteiger partial charge in [0.2, 0.25) is 0 Å². The van der Waals surface area contributed by atoms with Crippen LogP contribution in [0.15, 0.2) is 65.5 Å². The molecule has 28 heavy (non-hydrogen) atoms. The van der Waals surface area contributed by atoms with E-state index in [0.29, 0.717) is 16.9 Å². The Labute approximate surface area is 164 Å². The molecule has 0 bridgehead atoms. The summed E-state index contributed by atoms with van der Waals surface area (Å²) in [6.45, 7) is 6.21. The van der Waals surface area contributed by atoms with Crippen molar-refractivity contribution >= 4 is 17.3 Å². The zero-order valence-corrected chi connectivity index (χ0v) is 16.1. The van der Waals surface area contributed by atoms with Crippen molar-refractivity contribution in [1.82, 2.24) is 10.2 Å². The summed E-state index contributed by atoms with van der Waals surface area (Å²) >= 11 is 0. The van der Waals surface area contributed by atoms with Gasteiger partial charge in [-0.25, -0.2) is 5.10 Å². The van der Waals surface area contributed by atoms with E-state index in [4.69, 9.17) is 0 Å². The second kappa shape index (κ2) is 8.99. The molecular weight excluding hydrogens is 352 g/mol. The van der Waals surface area contributed by atoms with E-state index >= 15 is 0 Å². The van der Waals surface area contributed by atoms with Gasteiger partial charge in [0.15, 0.2) is 0 Å². The van der Waals surface area contributed by atoms with Crippen molar-refractivity contribution in [3.63, 3.8) is 0 Å². The smallest absolute Gasteiger partial charge is 0.264 e. The predicted octanol–water partition coefficient (Wildman–Crippen LogP) is 3.93. The van der Waals surface area contributed by atoms with E-state index in [2.05, 4.69) is 34.3 Å². The van der Waals surface area contributed by atoms with Crippen LogP contribution in [0.5, 0.6) is 0 Å². The molecule has 2 N–H and O–H groups in total. The highest BCUT2D eigenvalue weighted by Gasteiger charge is 2.09. The quantitative estimate of drug-likeness (QED) is 0.655. The number of aromatic amines is 1. The Balaban J connectivity index is 1.73. The minimum absolute atomic E-state index is 0.170. The van der Waals surface area contributed by atoms with Gasteiger partial charge >= 0.3 is 0 Å². The van der Waals surface area contributed by atoms with Crippen molar-refractivity contribution in [2.24, 2.45) is 0 Å². The maximum atomic E-state index is 12.6. The molecule has 1 amide bonds. The van der Waals surface area contributed by atoms with Crippen molar-refractivity contribution in [2.75, 3.05) is 23.3 Å². The van der Waals surface area contributed by atoms with Gasteiger partial charge in [0.05, 0.1) is 5.69 Å². The molecule has 0 saturated heterocycles. The Morgan fingerprint density at radius 2 is 1.86 bits per heavy atom. The highest BCUT2D eigenvalue weighted by molar-refractivity contribution is 6.04. The molecule has 6 heteroatoms. The summed E-state index contributed by atoms with van der Waals surface area (Å²) in [4.78, 5) is 26.0. The van der Waals surface area contributed by atoms with E-state index in [-0.39, 0.29) is 11.5 Å². The normalized spacial score (nSPS) is 10.5. The van der Waals surface area contributed by atoms with Gasteiger partial charge < -0.3 is 10.2 Å². The van der Waals surface area contributed by atoms with E-state index in [0.717, 1.165) is 30.8 Å². The van der Waals surface area contributed by atoms with Crippen LogP contribution in [0.3, 0.4) is 0 Å². The average molecular weight is 376 g/mol. The number of benzene rings is 2. The highest BCUT2D eigenvalue weighted by Crippen LogP contribution is 2.21. The number of hydrogen-bond acceptors (Lipinski definition) is 4. The lowest BCUT2D eigenvalue weighted by Gasteiger charge is -2.22. The molecule has 2 aromatic carbocycles. The number of hydrogen-bond donors (Lipinski definition) is 2. The third-order valence-corrected chi connectivity index (χ3v) is 4.47. The molecule has 0 fully saturated rings. The first-order valence-electron chi connectivity index (χ1n) is 9.43. The van der Waals surface area contributed by atoms with Crippen LogP contribution in [-0.2, 0) is 0 Å². The summed E-state index contributed by atoms with van der Waals surface area (Å²) in [7, 11) is 0. The maximum absolute atomic E-state index is 12.6. The fourth-order valence-corrected chi connectivity index (χ4v) is 3.03. The third kappa shape index (κ3) is 4.65. The lowest BCUT2D eigenvalue weighted by atomic mass is 10.1. The fourth-order valence-electron chi connectivity index (χ4n) is 3.03. The van der Waals surface area contributed by atoms with Crippen molar-refractivity contribution in [2.45, 2.75) is 20.3 Å². The van der Waals surface area contributed by atoms with Crippen LogP contribution in [0.1, 0.15) is 30.6 Å². The number of carbonyl (C=O) groups is 1. The Kier molecular flexibility index (Phi) is 6.22. The molecule has 3 aromatic rings. The number of aromatic nitrogens is 2. The van der Waals surface area contributed by atoms with Gasteiger partial charge in [0.25, 0.3) is 11.5 Å². The largest absolute Gasteiger partial charge is 0.372 e. The Morgan fingerprint density at radius 3 is 2.50 bits per heavy atom. The number of H-pyrrole nitrogens is 1. The monoisotopic (exact) mass is 376 g/mol. The second-order valence-electron chi connectivity index (χ2n) is 6.47. The second-order valence-corrected chi connectivity index (χ2v) is 6.47. The standard InChI is InChI=1S/C22H24N4O2/c1-3-14-26(4-2)19-10-8-16(9-11-19)22(28)23-18-7-5-6-17(15-18)20-12-13-21(27)25-24-20/h5-13,15H,3-4,14H2,1-2H3,(H,23,28)(H,25,27). The molecule has 0 aliphatic carbocycles. The van der Waals surface area contributed by atoms with Crippen LogP contribution in [0.4, 0.5) is 11.4 Å².